The molecule has 1 atom stereocenters. The maximum atomic E-state index is 12.5. The molecule has 0 saturated carbocycles. The summed E-state index contributed by atoms with van der Waals surface area (Å²) in [6.45, 7) is 1.79. The highest BCUT2D eigenvalue weighted by molar-refractivity contribution is 7.12. The molecule has 0 aliphatic heterocycles. The van der Waals surface area contributed by atoms with Crippen LogP contribution in [0, 0.1) is 12.8 Å². The van der Waals surface area contributed by atoms with Gasteiger partial charge in [0.25, 0.3) is 0 Å². The lowest BCUT2D eigenvalue weighted by molar-refractivity contribution is 0.0758. The SMILES string of the molecule is Cc1ccsc1C(=O)C1C(=O)c2cccc(N)c2C1=O. The Hall–Kier alpha value is -2.27. The minimum Gasteiger partial charge on any atom is -0.398 e. The normalized spacial score (nSPS) is 17.4. The lowest BCUT2D eigenvalue weighted by atomic mass is 9.96. The number of Topliss-reactive ketones (excluding diaryl/α,β-unsaturated/α-hetero) is 3. The summed E-state index contributed by atoms with van der Waals surface area (Å²) in [5.74, 6) is -2.63. The number of anilines is 1. The summed E-state index contributed by atoms with van der Waals surface area (Å²) in [6, 6.07) is 6.51. The van der Waals surface area contributed by atoms with Crippen molar-refractivity contribution in [3.63, 3.8) is 0 Å². The van der Waals surface area contributed by atoms with E-state index < -0.39 is 23.3 Å². The van der Waals surface area contributed by atoms with Gasteiger partial charge in [-0.15, -0.1) is 11.3 Å². The first-order valence-electron chi connectivity index (χ1n) is 6.07. The molecule has 1 aromatic heterocycles. The smallest absolute Gasteiger partial charge is 0.191 e. The minimum absolute atomic E-state index is 0.185. The molecule has 0 amide bonds. The topological polar surface area (TPSA) is 77.2 Å². The maximum Gasteiger partial charge on any atom is 0.191 e. The maximum absolute atomic E-state index is 12.5. The molecule has 20 heavy (non-hydrogen) atoms. The van der Waals surface area contributed by atoms with Gasteiger partial charge in [-0.3, -0.25) is 14.4 Å². The van der Waals surface area contributed by atoms with Gasteiger partial charge in [-0.25, -0.2) is 0 Å². The van der Waals surface area contributed by atoms with E-state index in [2.05, 4.69) is 0 Å². The fourth-order valence-electron chi connectivity index (χ4n) is 2.46. The summed E-state index contributed by atoms with van der Waals surface area (Å²) in [6.07, 6.45) is 0. The van der Waals surface area contributed by atoms with Crippen molar-refractivity contribution in [3.05, 3.63) is 51.2 Å². The fourth-order valence-corrected chi connectivity index (χ4v) is 3.36. The van der Waals surface area contributed by atoms with Crippen LogP contribution in [0.5, 0.6) is 0 Å². The van der Waals surface area contributed by atoms with Crippen LogP contribution in [0.3, 0.4) is 0 Å². The molecule has 4 nitrogen and oxygen atoms in total. The lowest BCUT2D eigenvalue weighted by Gasteiger charge is -2.05. The first kappa shape index (κ1) is 12.7. The third-order valence-corrected chi connectivity index (χ3v) is 4.51. The monoisotopic (exact) mass is 285 g/mol. The van der Waals surface area contributed by atoms with Crippen molar-refractivity contribution in [2.75, 3.05) is 5.73 Å². The van der Waals surface area contributed by atoms with Crippen molar-refractivity contribution < 1.29 is 14.4 Å². The summed E-state index contributed by atoms with van der Waals surface area (Å²) < 4.78 is 0. The van der Waals surface area contributed by atoms with Crippen LogP contribution >= 0.6 is 11.3 Å². The highest BCUT2D eigenvalue weighted by Crippen LogP contribution is 2.34. The van der Waals surface area contributed by atoms with Crippen LogP contribution in [-0.4, -0.2) is 17.3 Å². The largest absolute Gasteiger partial charge is 0.398 e. The predicted molar refractivity (Wildman–Crippen MR) is 76.4 cm³/mol. The van der Waals surface area contributed by atoms with E-state index in [1.54, 1.807) is 36.6 Å². The number of benzene rings is 1. The van der Waals surface area contributed by atoms with E-state index in [4.69, 9.17) is 5.73 Å². The molecule has 1 heterocycles. The molecule has 2 N–H and O–H groups in total. The predicted octanol–water partition coefficient (Wildman–Crippen LogP) is 2.52. The van der Waals surface area contributed by atoms with Crippen molar-refractivity contribution in [1.29, 1.82) is 0 Å². The second kappa shape index (κ2) is 4.38. The number of thiophene rings is 1. The van der Waals surface area contributed by atoms with Gasteiger partial charge >= 0.3 is 0 Å². The van der Waals surface area contributed by atoms with E-state index in [1.165, 1.54) is 11.3 Å². The van der Waals surface area contributed by atoms with Gasteiger partial charge in [-0.2, -0.15) is 0 Å². The van der Waals surface area contributed by atoms with Crippen LogP contribution in [0.1, 0.15) is 36.0 Å². The highest BCUT2D eigenvalue weighted by Gasteiger charge is 2.45. The van der Waals surface area contributed by atoms with Gasteiger partial charge < -0.3 is 5.73 Å². The Bertz CT molecular complexity index is 752. The van der Waals surface area contributed by atoms with E-state index >= 15 is 0 Å². The summed E-state index contributed by atoms with van der Waals surface area (Å²) in [4.78, 5) is 37.6. The number of ketones is 3. The average molecular weight is 285 g/mol. The molecule has 0 radical (unpaired) electrons. The van der Waals surface area contributed by atoms with Crippen molar-refractivity contribution >= 4 is 34.4 Å². The van der Waals surface area contributed by atoms with Crippen molar-refractivity contribution in [2.45, 2.75) is 6.92 Å². The molecule has 5 heteroatoms. The number of nitrogens with two attached hydrogens (primary N) is 1. The van der Waals surface area contributed by atoms with Crippen LogP contribution in [-0.2, 0) is 0 Å². The van der Waals surface area contributed by atoms with Gasteiger partial charge in [-0.1, -0.05) is 12.1 Å². The molecule has 2 aromatic rings. The van der Waals surface area contributed by atoms with E-state index in [9.17, 15) is 14.4 Å². The second-order valence-corrected chi connectivity index (χ2v) is 5.64. The molecular weight excluding hydrogens is 274 g/mol. The quantitative estimate of drug-likeness (QED) is 0.522. The van der Waals surface area contributed by atoms with Crippen LogP contribution in [0.4, 0.5) is 5.69 Å². The Labute approximate surface area is 119 Å². The molecule has 3 rings (SSSR count). The standard InChI is InChI=1S/C15H11NO3S/c1-7-5-6-20-15(7)14(19)11-12(17)8-3-2-4-9(16)10(8)13(11)18/h2-6,11H,16H2,1H3. The van der Waals surface area contributed by atoms with Crippen LogP contribution in [0.2, 0.25) is 0 Å². The van der Waals surface area contributed by atoms with Crippen molar-refractivity contribution in [1.82, 2.24) is 0 Å². The zero-order valence-corrected chi connectivity index (χ0v) is 11.5. The van der Waals surface area contributed by atoms with Gasteiger partial charge in [0.15, 0.2) is 17.3 Å². The molecule has 100 valence electrons. The number of nitrogen functional groups attached to an aromatic ring is 1. The van der Waals surface area contributed by atoms with Crippen LogP contribution in [0.25, 0.3) is 0 Å². The Morgan fingerprint density at radius 1 is 1.20 bits per heavy atom. The lowest BCUT2D eigenvalue weighted by Crippen LogP contribution is -2.25. The van der Waals surface area contributed by atoms with Crippen molar-refractivity contribution in [2.24, 2.45) is 5.92 Å². The highest BCUT2D eigenvalue weighted by atomic mass is 32.1. The molecule has 1 aliphatic rings. The average Bonchev–Trinajstić information content (AvgIpc) is 2.93. The van der Waals surface area contributed by atoms with Crippen LogP contribution in [0.15, 0.2) is 29.6 Å². The molecule has 0 spiro atoms. The third-order valence-electron chi connectivity index (χ3n) is 3.48. The number of rotatable bonds is 2. The molecule has 1 aromatic carbocycles. The Kier molecular flexibility index (Phi) is 2.79. The molecule has 1 unspecified atom stereocenters. The van der Waals surface area contributed by atoms with Gasteiger partial charge in [0.05, 0.1) is 10.4 Å². The van der Waals surface area contributed by atoms with Gasteiger partial charge in [0, 0.05) is 11.3 Å². The summed E-state index contributed by atoms with van der Waals surface area (Å²) in [5, 5.41) is 1.77. The van der Waals surface area contributed by atoms with E-state index in [0.717, 1.165) is 5.56 Å². The van der Waals surface area contributed by atoms with Crippen molar-refractivity contribution in [3.8, 4) is 0 Å². The Balaban J connectivity index is 2.09. The number of hydrogen-bond donors (Lipinski definition) is 1. The molecule has 0 bridgehead atoms. The van der Waals surface area contributed by atoms with Crippen LogP contribution < -0.4 is 5.73 Å². The summed E-state index contributed by atoms with van der Waals surface area (Å²) in [5.41, 5.74) is 7.22. The summed E-state index contributed by atoms with van der Waals surface area (Å²) in [7, 11) is 0. The second-order valence-electron chi connectivity index (χ2n) is 4.73. The molecule has 1 aliphatic carbocycles. The fraction of sp³-hybridized carbons (Fsp3) is 0.133. The third kappa shape index (κ3) is 1.63. The zero-order chi connectivity index (χ0) is 14.4. The summed E-state index contributed by atoms with van der Waals surface area (Å²) >= 11 is 1.25. The van der Waals surface area contributed by atoms with E-state index in [1.807, 2.05) is 0 Å². The molecular formula is C15H11NO3S. The number of aryl methyl sites for hydroxylation is 1. The number of hydrogen-bond acceptors (Lipinski definition) is 5. The minimum atomic E-state index is -1.27. The van der Waals surface area contributed by atoms with E-state index in [-0.39, 0.29) is 16.8 Å². The first-order chi connectivity index (χ1) is 9.52. The molecule has 0 fully saturated rings. The Morgan fingerprint density at radius 2 is 1.95 bits per heavy atom. The number of fused-ring (bicyclic) bond motifs is 1. The van der Waals surface area contributed by atoms with Gasteiger partial charge in [0.1, 0.15) is 5.92 Å². The first-order valence-corrected chi connectivity index (χ1v) is 6.95. The number of carbonyl (C=O) groups is 3. The molecule has 0 saturated heterocycles. The van der Waals surface area contributed by atoms with Gasteiger partial charge in [0.2, 0.25) is 0 Å². The number of carbonyl (C=O) groups excluding carboxylic acids is 3. The van der Waals surface area contributed by atoms with E-state index in [0.29, 0.717) is 4.88 Å². The van der Waals surface area contributed by atoms with Gasteiger partial charge in [-0.05, 0) is 30.0 Å². The zero-order valence-electron chi connectivity index (χ0n) is 10.7. The Morgan fingerprint density at radius 3 is 2.55 bits per heavy atom.